The van der Waals surface area contributed by atoms with Crippen molar-refractivity contribution in [2.24, 2.45) is 0 Å². The van der Waals surface area contributed by atoms with Crippen molar-refractivity contribution in [1.82, 2.24) is 0 Å². The van der Waals surface area contributed by atoms with Crippen LogP contribution in [-0.4, -0.2) is 26.2 Å². The number of hydrogen-bond acceptors (Lipinski definition) is 7. The predicted molar refractivity (Wildman–Crippen MR) is 102 cm³/mol. The summed E-state index contributed by atoms with van der Waals surface area (Å²) in [7, 11) is 2.23. The van der Waals surface area contributed by atoms with Crippen molar-refractivity contribution in [3.63, 3.8) is 0 Å². The first-order valence-corrected chi connectivity index (χ1v) is 9.04. The van der Waals surface area contributed by atoms with Crippen molar-refractivity contribution < 1.29 is 32.2 Å². The third kappa shape index (κ3) is 6.02. The summed E-state index contributed by atoms with van der Waals surface area (Å²) in [4.78, 5) is 24.2. The van der Waals surface area contributed by atoms with E-state index in [4.69, 9.17) is 5.26 Å². The van der Waals surface area contributed by atoms with Gasteiger partial charge >= 0.3 is 18.1 Å². The highest BCUT2D eigenvalue weighted by atomic mass is 32.2. The van der Waals surface area contributed by atoms with Gasteiger partial charge in [-0.3, -0.25) is 0 Å². The van der Waals surface area contributed by atoms with Crippen LogP contribution in [-0.2, 0) is 25.2 Å². The van der Waals surface area contributed by atoms with Crippen LogP contribution in [0.15, 0.2) is 64.0 Å². The minimum absolute atomic E-state index is 0.219. The number of carbonyl (C=O) groups is 2. The average molecular weight is 436 g/mol. The third-order valence-corrected chi connectivity index (χ3v) is 4.70. The molecule has 2 aromatic carbocycles. The number of alkyl halides is 3. The molecule has 0 aliphatic carbocycles. The summed E-state index contributed by atoms with van der Waals surface area (Å²) in [6.45, 7) is 0. The Balaban J connectivity index is 2.46. The van der Waals surface area contributed by atoms with E-state index in [0.29, 0.717) is 4.90 Å². The summed E-state index contributed by atoms with van der Waals surface area (Å²) in [5.74, 6) is -1.70. The fourth-order valence-corrected chi connectivity index (χ4v) is 3.17. The summed E-state index contributed by atoms with van der Waals surface area (Å²) < 4.78 is 48.1. The molecule has 0 aromatic heterocycles. The maximum atomic E-state index is 13.0. The molecule has 0 unspecified atom stereocenters. The summed E-state index contributed by atoms with van der Waals surface area (Å²) in [5, 5.41) is 11.8. The highest BCUT2D eigenvalue weighted by Crippen LogP contribution is 2.37. The van der Waals surface area contributed by atoms with E-state index in [0.717, 1.165) is 44.2 Å². The van der Waals surface area contributed by atoms with Crippen LogP contribution in [0.1, 0.15) is 11.1 Å². The molecule has 0 heterocycles. The quantitative estimate of drug-likeness (QED) is 0.531. The molecule has 156 valence electrons. The Morgan fingerprint density at radius 2 is 1.87 bits per heavy atom. The van der Waals surface area contributed by atoms with Gasteiger partial charge in [0.2, 0.25) is 0 Å². The highest BCUT2D eigenvalue weighted by Gasteiger charge is 2.30. The molecule has 0 atom stereocenters. The van der Waals surface area contributed by atoms with Gasteiger partial charge in [-0.2, -0.15) is 18.4 Å². The lowest BCUT2D eigenvalue weighted by atomic mass is 10.2. The minimum atomic E-state index is -4.50. The maximum Gasteiger partial charge on any atom is 0.416 e. The van der Waals surface area contributed by atoms with Crippen molar-refractivity contribution in [3.8, 4) is 6.07 Å². The number of nitrogens with one attached hydrogen (secondary N) is 1. The second-order valence-electron chi connectivity index (χ2n) is 5.65. The molecule has 2 rings (SSSR count). The van der Waals surface area contributed by atoms with E-state index in [2.05, 4.69) is 14.8 Å². The monoisotopic (exact) mass is 436 g/mol. The van der Waals surface area contributed by atoms with Gasteiger partial charge in [0.05, 0.1) is 43.2 Å². The van der Waals surface area contributed by atoms with Crippen LogP contribution in [0.25, 0.3) is 0 Å². The smallest absolute Gasteiger partial charge is 0.416 e. The predicted octanol–water partition coefficient (Wildman–Crippen LogP) is 4.37. The van der Waals surface area contributed by atoms with Gasteiger partial charge in [0, 0.05) is 9.79 Å². The second-order valence-corrected chi connectivity index (χ2v) is 6.76. The standard InChI is InChI=1S/C20H15F3N2O4S/c1-28-18(26)10-16(19(27)29-2)25-15-8-12(11-24)6-7-17(15)30-14-5-3-4-13(9-14)20(21,22)23/h3-10,25H,1-2H3/b16-10+. The fourth-order valence-electron chi connectivity index (χ4n) is 2.23. The molecule has 1 N–H and O–H groups in total. The van der Waals surface area contributed by atoms with Crippen LogP contribution in [0.2, 0.25) is 0 Å². The van der Waals surface area contributed by atoms with E-state index >= 15 is 0 Å². The maximum absolute atomic E-state index is 13.0. The number of esters is 2. The molecule has 0 radical (unpaired) electrons. The Morgan fingerprint density at radius 1 is 1.13 bits per heavy atom. The SMILES string of the molecule is COC(=O)/C=C(/Nc1cc(C#N)ccc1Sc1cccc(C(F)(F)F)c1)C(=O)OC. The summed E-state index contributed by atoms with van der Waals surface area (Å²) in [6.07, 6.45) is -3.63. The number of methoxy groups -OCH3 is 2. The average Bonchev–Trinajstić information content (AvgIpc) is 2.73. The zero-order valence-electron chi connectivity index (χ0n) is 15.7. The number of nitriles is 1. The molecule has 0 spiro atoms. The minimum Gasteiger partial charge on any atom is -0.466 e. The number of nitrogens with zero attached hydrogens (tertiary/aromatic N) is 1. The Kier molecular flexibility index (Phi) is 7.49. The zero-order valence-corrected chi connectivity index (χ0v) is 16.6. The van der Waals surface area contributed by atoms with E-state index in [-0.39, 0.29) is 21.8 Å². The van der Waals surface area contributed by atoms with Crippen LogP contribution >= 0.6 is 11.8 Å². The first kappa shape index (κ1) is 22.8. The molecule has 10 heteroatoms. The van der Waals surface area contributed by atoms with Crippen LogP contribution in [0.3, 0.4) is 0 Å². The van der Waals surface area contributed by atoms with Crippen molar-refractivity contribution in [1.29, 1.82) is 5.26 Å². The number of benzene rings is 2. The fraction of sp³-hybridized carbons (Fsp3) is 0.150. The normalized spacial score (nSPS) is 11.4. The lowest BCUT2D eigenvalue weighted by Crippen LogP contribution is -2.16. The molecule has 0 bridgehead atoms. The number of halogens is 3. The molecule has 0 saturated heterocycles. The molecule has 0 fully saturated rings. The zero-order chi connectivity index (χ0) is 22.3. The van der Waals surface area contributed by atoms with Crippen molar-refractivity contribution in [2.45, 2.75) is 16.0 Å². The molecule has 0 aliphatic heterocycles. The third-order valence-electron chi connectivity index (χ3n) is 3.64. The van der Waals surface area contributed by atoms with Crippen molar-refractivity contribution in [2.75, 3.05) is 19.5 Å². The van der Waals surface area contributed by atoms with Gasteiger partial charge in [0.25, 0.3) is 0 Å². The molecule has 6 nitrogen and oxygen atoms in total. The number of anilines is 1. The van der Waals surface area contributed by atoms with Gasteiger partial charge in [-0.05, 0) is 36.4 Å². The van der Waals surface area contributed by atoms with Gasteiger partial charge in [-0.1, -0.05) is 17.8 Å². The van der Waals surface area contributed by atoms with Gasteiger partial charge in [0.15, 0.2) is 0 Å². The molecule has 0 aliphatic rings. The van der Waals surface area contributed by atoms with Gasteiger partial charge in [0.1, 0.15) is 5.70 Å². The van der Waals surface area contributed by atoms with Crippen LogP contribution in [0, 0.1) is 11.3 Å². The first-order valence-electron chi connectivity index (χ1n) is 8.22. The molecule has 0 saturated carbocycles. The van der Waals surface area contributed by atoms with Crippen LogP contribution in [0.5, 0.6) is 0 Å². The molecular formula is C20H15F3N2O4S. The first-order chi connectivity index (χ1) is 14.2. The summed E-state index contributed by atoms with van der Waals surface area (Å²) >= 11 is 0.982. The van der Waals surface area contributed by atoms with E-state index < -0.39 is 23.7 Å². The summed E-state index contributed by atoms with van der Waals surface area (Å²) in [5.41, 5.74) is -0.632. The van der Waals surface area contributed by atoms with Crippen molar-refractivity contribution in [3.05, 3.63) is 65.4 Å². The van der Waals surface area contributed by atoms with E-state index in [9.17, 15) is 22.8 Å². The van der Waals surface area contributed by atoms with Gasteiger partial charge < -0.3 is 14.8 Å². The topological polar surface area (TPSA) is 88.4 Å². The van der Waals surface area contributed by atoms with E-state index in [1.165, 1.54) is 30.3 Å². The Labute approximate surface area is 174 Å². The Hall–Kier alpha value is -3.45. The van der Waals surface area contributed by atoms with Gasteiger partial charge in [-0.15, -0.1) is 0 Å². The molecule has 30 heavy (non-hydrogen) atoms. The van der Waals surface area contributed by atoms with E-state index in [1.54, 1.807) is 0 Å². The molecule has 2 aromatic rings. The Morgan fingerprint density at radius 3 is 2.47 bits per heavy atom. The lowest BCUT2D eigenvalue weighted by Gasteiger charge is -2.14. The number of hydrogen-bond donors (Lipinski definition) is 1. The summed E-state index contributed by atoms with van der Waals surface area (Å²) in [6, 6.07) is 11.0. The number of rotatable bonds is 6. The van der Waals surface area contributed by atoms with E-state index in [1.807, 2.05) is 6.07 Å². The highest BCUT2D eigenvalue weighted by molar-refractivity contribution is 7.99. The number of ether oxygens (including phenoxy) is 2. The largest absolute Gasteiger partial charge is 0.466 e. The lowest BCUT2D eigenvalue weighted by molar-refractivity contribution is -0.138. The van der Waals surface area contributed by atoms with Crippen LogP contribution < -0.4 is 5.32 Å². The molecule has 0 amide bonds. The Bertz CT molecular complexity index is 1030. The van der Waals surface area contributed by atoms with Gasteiger partial charge in [-0.25, -0.2) is 9.59 Å². The van der Waals surface area contributed by atoms with Crippen LogP contribution in [0.4, 0.5) is 18.9 Å². The van der Waals surface area contributed by atoms with Crippen molar-refractivity contribution >= 4 is 29.4 Å². The molecular weight excluding hydrogens is 421 g/mol. The second kappa shape index (κ2) is 9.84. The number of carbonyl (C=O) groups excluding carboxylic acids is 2.